The Morgan fingerprint density at radius 3 is 2.62 bits per heavy atom. The molecule has 3 nitrogen and oxygen atoms in total. The van der Waals surface area contributed by atoms with Crippen LogP contribution in [0.25, 0.3) is 10.8 Å². The van der Waals surface area contributed by atoms with Crippen molar-refractivity contribution in [1.82, 2.24) is 5.32 Å². The molecule has 3 heteroatoms. The second-order valence-electron chi connectivity index (χ2n) is 5.01. The molecule has 2 rings (SSSR count). The van der Waals surface area contributed by atoms with Gasteiger partial charge in [-0.2, -0.15) is 0 Å². The minimum Gasteiger partial charge on any atom is -0.492 e. The van der Waals surface area contributed by atoms with Crippen LogP contribution in [0.3, 0.4) is 0 Å². The van der Waals surface area contributed by atoms with Gasteiger partial charge in [-0.05, 0) is 49.2 Å². The first kappa shape index (κ1) is 15.8. The van der Waals surface area contributed by atoms with E-state index in [9.17, 15) is 0 Å². The van der Waals surface area contributed by atoms with Crippen molar-refractivity contribution in [2.24, 2.45) is 0 Å². The number of hydrogen-bond donors (Lipinski definition) is 1. The average Bonchev–Trinajstić information content (AvgIpc) is 2.53. The van der Waals surface area contributed by atoms with Crippen molar-refractivity contribution in [3.05, 3.63) is 42.5 Å². The molecule has 114 valence electrons. The maximum absolute atomic E-state index is 5.77. The molecule has 0 bridgehead atoms. The van der Waals surface area contributed by atoms with Crippen LogP contribution >= 0.6 is 0 Å². The van der Waals surface area contributed by atoms with Crippen LogP contribution in [0.1, 0.15) is 19.8 Å². The van der Waals surface area contributed by atoms with Gasteiger partial charge in [0.15, 0.2) is 0 Å². The van der Waals surface area contributed by atoms with Gasteiger partial charge in [0, 0.05) is 19.8 Å². The van der Waals surface area contributed by atoms with Crippen molar-refractivity contribution in [2.45, 2.75) is 19.8 Å². The summed E-state index contributed by atoms with van der Waals surface area (Å²) in [4.78, 5) is 0. The molecule has 0 aliphatic heterocycles. The maximum atomic E-state index is 5.77. The van der Waals surface area contributed by atoms with Crippen LogP contribution in [-0.2, 0) is 4.74 Å². The van der Waals surface area contributed by atoms with Gasteiger partial charge in [0.25, 0.3) is 0 Å². The lowest BCUT2D eigenvalue weighted by molar-refractivity contribution is 0.143. The summed E-state index contributed by atoms with van der Waals surface area (Å²) in [6, 6.07) is 14.6. The van der Waals surface area contributed by atoms with Gasteiger partial charge in [0.05, 0.1) is 0 Å². The Morgan fingerprint density at radius 1 is 0.905 bits per heavy atom. The first-order valence-electron chi connectivity index (χ1n) is 7.80. The van der Waals surface area contributed by atoms with Gasteiger partial charge in [-0.25, -0.2) is 0 Å². The van der Waals surface area contributed by atoms with E-state index in [1.165, 1.54) is 10.8 Å². The van der Waals surface area contributed by atoms with Crippen molar-refractivity contribution in [2.75, 3.05) is 32.9 Å². The highest BCUT2D eigenvalue weighted by Crippen LogP contribution is 2.20. The van der Waals surface area contributed by atoms with Crippen LogP contribution in [0.2, 0.25) is 0 Å². The highest BCUT2D eigenvalue weighted by atomic mass is 16.5. The average molecular weight is 287 g/mol. The fourth-order valence-corrected chi connectivity index (χ4v) is 2.22. The van der Waals surface area contributed by atoms with Crippen molar-refractivity contribution in [1.29, 1.82) is 0 Å². The molecule has 0 aromatic heterocycles. The SMILES string of the molecule is CCOCCCCNCCOc1ccc2ccccc2c1. The van der Waals surface area contributed by atoms with Gasteiger partial charge < -0.3 is 14.8 Å². The highest BCUT2D eigenvalue weighted by Gasteiger charge is 1.97. The lowest BCUT2D eigenvalue weighted by atomic mass is 10.1. The molecule has 2 aromatic rings. The molecule has 0 aliphatic rings. The fourth-order valence-electron chi connectivity index (χ4n) is 2.22. The molecule has 0 heterocycles. The first-order chi connectivity index (χ1) is 10.4. The zero-order chi connectivity index (χ0) is 14.8. The van der Waals surface area contributed by atoms with Crippen LogP contribution in [0.15, 0.2) is 42.5 Å². The summed E-state index contributed by atoms with van der Waals surface area (Å²) in [6.07, 6.45) is 2.27. The van der Waals surface area contributed by atoms with E-state index in [2.05, 4.69) is 41.7 Å². The van der Waals surface area contributed by atoms with E-state index in [0.717, 1.165) is 44.9 Å². The molecule has 0 unspecified atom stereocenters. The number of hydrogen-bond acceptors (Lipinski definition) is 3. The van der Waals surface area contributed by atoms with Crippen LogP contribution in [0.4, 0.5) is 0 Å². The van der Waals surface area contributed by atoms with E-state index in [0.29, 0.717) is 6.61 Å². The number of fused-ring (bicyclic) bond motifs is 1. The van der Waals surface area contributed by atoms with E-state index in [1.54, 1.807) is 0 Å². The second-order valence-corrected chi connectivity index (χ2v) is 5.01. The Morgan fingerprint density at radius 2 is 1.76 bits per heavy atom. The minimum atomic E-state index is 0.698. The number of unbranched alkanes of at least 4 members (excludes halogenated alkanes) is 1. The topological polar surface area (TPSA) is 30.5 Å². The van der Waals surface area contributed by atoms with Gasteiger partial charge in [0.1, 0.15) is 12.4 Å². The van der Waals surface area contributed by atoms with Crippen LogP contribution in [-0.4, -0.2) is 32.9 Å². The van der Waals surface area contributed by atoms with Gasteiger partial charge in [-0.1, -0.05) is 30.3 Å². The Bertz CT molecular complexity index is 527. The largest absolute Gasteiger partial charge is 0.492 e. The van der Waals surface area contributed by atoms with E-state index >= 15 is 0 Å². The standard InChI is InChI=1S/C18H25NO2/c1-2-20-13-6-5-11-19-12-14-21-18-10-9-16-7-3-4-8-17(16)15-18/h3-4,7-10,15,19H,2,5-6,11-14H2,1H3. The summed E-state index contributed by atoms with van der Waals surface area (Å²) in [5, 5.41) is 5.86. The summed E-state index contributed by atoms with van der Waals surface area (Å²) in [5.41, 5.74) is 0. The van der Waals surface area contributed by atoms with E-state index in [4.69, 9.17) is 9.47 Å². The van der Waals surface area contributed by atoms with E-state index in [1.807, 2.05) is 13.0 Å². The van der Waals surface area contributed by atoms with Crippen molar-refractivity contribution >= 4 is 10.8 Å². The minimum absolute atomic E-state index is 0.698. The predicted molar refractivity (Wildman–Crippen MR) is 88.0 cm³/mol. The number of benzene rings is 2. The molecule has 0 atom stereocenters. The Labute approximate surface area is 127 Å². The zero-order valence-corrected chi connectivity index (χ0v) is 12.8. The molecule has 0 fully saturated rings. The molecule has 1 N–H and O–H groups in total. The van der Waals surface area contributed by atoms with Crippen molar-refractivity contribution < 1.29 is 9.47 Å². The summed E-state index contributed by atoms with van der Waals surface area (Å²) in [6.45, 7) is 6.31. The van der Waals surface area contributed by atoms with E-state index < -0.39 is 0 Å². The summed E-state index contributed by atoms with van der Waals surface area (Å²) in [5.74, 6) is 0.937. The monoisotopic (exact) mass is 287 g/mol. The Kier molecular flexibility index (Phi) is 7.05. The molecule has 0 saturated heterocycles. The van der Waals surface area contributed by atoms with Gasteiger partial charge in [-0.3, -0.25) is 0 Å². The van der Waals surface area contributed by atoms with Gasteiger partial charge in [0.2, 0.25) is 0 Å². The highest BCUT2D eigenvalue weighted by molar-refractivity contribution is 5.83. The summed E-state index contributed by atoms with van der Waals surface area (Å²) < 4.78 is 11.1. The molecule has 0 amide bonds. The van der Waals surface area contributed by atoms with Crippen LogP contribution < -0.4 is 10.1 Å². The third-order valence-corrected chi connectivity index (χ3v) is 3.36. The predicted octanol–water partition coefficient (Wildman–Crippen LogP) is 3.62. The van der Waals surface area contributed by atoms with Crippen molar-refractivity contribution in [3.63, 3.8) is 0 Å². The molecule has 0 radical (unpaired) electrons. The Hall–Kier alpha value is -1.58. The molecular weight excluding hydrogens is 262 g/mol. The molecule has 2 aromatic carbocycles. The number of ether oxygens (including phenoxy) is 2. The lowest BCUT2D eigenvalue weighted by Crippen LogP contribution is -2.22. The summed E-state index contributed by atoms with van der Waals surface area (Å²) >= 11 is 0. The Balaban J connectivity index is 1.59. The quantitative estimate of drug-likeness (QED) is 0.677. The molecule has 21 heavy (non-hydrogen) atoms. The van der Waals surface area contributed by atoms with Gasteiger partial charge in [-0.15, -0.1) is 0 Å². The maximum Gasteiger partial charge on any atom is 0.120 e. The van der Waals surface area contributed by atoms with Gasteiger partial charge >= 0.3 is 0 Å². The third kappa shape index (κ3) is 5.74. The molecule has 0 saturated carbocycles. The second kappa shape index (κ2) is 9.37. The summed E-state index contributed by atoms with van der Waals surface area (Å²) in [7, 11) is 0. The fraction of sp³-hybridized carbons (Fsp3) is 0.444. The van der Waals surface area contributed by atoms with Crippen LogP contribution in [0, 0.1) is 0 Å². The third-order valence-electron chi connectivity index (χ3n) is 3.36. The van der Waals surface area contributed by atoms with Crippen molar-refractivity contribution in [3.8, 4) is 5.75 Å². The molecular formula is C18H25NO2. The normalized spacial score (nSPS) is 10.9. The number of nitrogens with one attached hydrogen (secondary N) is 1. The number of rotatable bonds is 10. The first-order valence-corrected chi connectivity index (χ1v) is 7.80. The van der Waals surface area contributed by atoms with Crippen LogP contribution in [0.5, 0.6) is 5.75 Å². The van der Waals surface area contributed by atoms with E-state index in [-0.39, 0.29) is 0 Å². The lowest BCUT2D eigenvalue weighted by Gasteiger charge is -2.08. The molecule has 0 aliphatic carbocycles. The molecule has 0 spiro atoms. The zero-order valence-electron chi connectivity index (χ0n) is 12.8. The smallest absolute Gasteiger partial charge is 0.120 e.